The number of aryl methyl sites for hydroxylation is 2. The molecule has 1 aromatic carbocycles. The fourth-order valence-electron chi connectivity index (χ4n) is 1.19. The summed E-state index contributed by atoms with van der Waals surface area (Å²) >= 11 is 0. The van der Waals surface area contributed by atoms with Gasteiger partial charge in [-0.2, -0.15) is 6.07 Å². The van der Waals surface area contributed by atoms with E-state index in [1.54, 1.807) is 0 Å². The molecule has 0 bridgehead atoms. The summed E-state index contributed by atoms with van der Waals surface area (Å²) in [6, 6.07) is 6.22. The van der Waals surface area contributed by atoms with E-state index >= 15 is 0 Å². The number of benzene rings is 1. The van der Waals surface area contributed by atoms with Crippen molar-refractivity contribution in [3.05, 3.63) is 30.0 Å². The molecule has 1 aromatic heterocycles. The van der Waals surface area contributed by atoms with Crippen LogP contribution in [0.1, 0.15) is 5.56 Å². The number of aromatic nitrogens is 2. The van der Waals surface area contributed by atoms with Gasteiger partial charge in [0.05, 0.1) is 0 Å². The van der Waals surface area contributed by atoms with E-state index in [-0.39, 0.29) is 18.6 Å². The van der Waals surface area contributed by atoms with Crippen molar-refractivity contribution < 1.29 is 18.6 Å². The van der Waals surface area contributed by atoms with E-state index in [0.717, 1.165) is 10.9 Å². The first-order chi connectivity index (χ1) is 5.27. The first-order valence-electron chi connectivity index (χ1n) is 3.58. The SMILES string of the molecule is Cc1ccc2[c-]nn(C)c2c1.[V]. The molecule has 2 nitrogen and oxygen atoms in total. The normalized spacial score (nSPS) is 9.83. The summed E-state index contributed by atoms with van der Waals surface area (Å²) in [6.45, 7) is 2.08. The van der Waals surface area contributed by atoms with E-state index in [2.05, 4.69) is 30.4 Å². The molecule has 61 valence electrons. The minimum atomic E-state index is 0. The van der Waals surface area contributed by atoms with Gasteiger partial charge in [0.25, 0.3) is 0 Å². The fourth-order valence-corrected chi connectivity index (χ4v) is 1.19. The zero-order valence-electron chi connectivity index (χ0n) is 7.07. The number of hydrogen-bond acceptors (Lipinski definition) is 1. The molecule has 0 unspecified atom stereocenters. The molecule has 0 saturated heterocycles. The van der Waals surface area contributed by atoms with Crippen molar-refractivity contribution >= 4 is 10.9 Å². The van der Waals surface area contributed by atoms with Crippen LogP contribution in [0.5, 0.6) is 0 Å². The van der Waals surface area contributed by atoms with Gasteiger partial charge in [-0.3, -0.25) is 5.10 Å². The van der Waals surface area contributed by atoms with E-state index < -0.39 is 0 Å². The van der Waals surface area contributed by atoms with Gasteiger partial charge in [0.15, 0.2) is 0 Å². The average molecular weight is 196 g/mol. The van der Waals surface area contributed by atoms with E-state index in [1.807, 2.05) is 17.8 Å². The predicted molar refractivity (Wildman–Crippen MR) is 44.3 cm³/mol. The van der Waals surface area contributed by atoms with Crippen molar-refractivity contribution in [2.24, 2.45) is 7.05 Å². The van der Waals surface area contributed by atoms with Crippen LogP contribution in [0.4, 0.5) is 0 Å². The van der Waals surface area contributed by atoms with E-state index in [0.29, 0.717) is 0 Å². The molecular weight excluding hydrogens is 187 g/mol. The summed E-state index contributed by atoms with van der Waals surface area (Å²) < 4.78 is 1.84. The Labute approximate surface area is 83.5 Å². The molecule has 0 N–H and O–H groups in total. The van der Waals surface area contributed by atoms with Gasteiger partial charge in [0.2, 0.25) is 0 Å². The third-order valence-electron chi connectivity index (χ3n) is 1.82. The molecule has 0 aliphatic rings. The zero-order valence-corrected chi connectivity index (χ0v) is 8.47. The van der Waals surface area contributed by atoms with Crippen LogP contribution in [-0.2, 0) is 25.6 Å². The van der Waals surface area contributed by atoms with E-state index in [9.17, 15) is 0 Å². The van der Waals surface area contributed by atoms with Gasteiger partial charge in [-0.05, 0) is 18.6 Å². The molecule has 0 atom stereocenters. The summed E-state index contributed by atoms with van der Waals surface area (Å²) in [5, 5.41) is 5.11. The monoisotopic (exact) mass is 196 g/mol. The van der Waals surface area contributed by atoms with Crippen molar-refractivity contribution in [3.63, 3.8) is 0 Å². The van der Waals surface area contributed by atoms with E-state index in [1.165, 1.54) is 5.56 Å². The molecule has 0 spiro atoms. The zero-order chi connectivity index (χ0) is 7.84. The third kappa shape index (κ3) is 1.40. The van der Waals surface area contributed by atoms with Crippen LogP contribution >= 0.6 is 0 Å². The fraction of sp³-hybridized carbons (Fsp3) is 0.222. The summed E-state index contributed by atoms with van der Waals surface area (Å²) in [7, 11) is 1.93. The van der Waals surface area contributed by atoms with Crippen molar-refractivity contribution in [3.8, 4) is 0 Å². The maximum absolute atomic E-state index is 4.03. The Kier molecular flexibility index (Phi) is 2.60. The van der Waals surface area contributed by atoms with Crippen LogP contribution in [0.25, 0.3) is 10.9 Å². The second-order valence-electron chi connectivity index (χ2n) is 2.76. The Morgan fingerprint density at radius 2 is 2.17 bits per heavy atom. The maximum Gasteiger partial charge on any atom is 0.0160 e. The molecule has 1 heterocycles. The van der Waals surface area contributed by atoms with Crippen LogP contribution in [-0.4, -0.2) is 9.78 Å². The molecule has 2 rings (SSSR count). The topological polar surface area (TPSA) is 17.8 Å². The van der Waals surface area contributed by atoms with Gasteiger partial charge >= 0.3 is 0 Å². The molecule has 2 aromatic rings. The van der Waals surface area contributed by atoms with Crippen LogP contribution in [0.2, 0.25) is 0 Å². The Morgan fingerprint density at radius 3 is 2.92 bits per heavy atom. The van der Waals surface area contributed by atoms with E-state index in [4.69, 9.17) is 0 Å². The number of rotatable bonds is 0. The van der Waals surface area contributed by atoms with Gasteiger partial charge in [0.1, 0.15) is 0 Å². The molecule has 0 saturated carbocycles. The second-order valence-corrected chi connectivity index (χ2v) is 2.76. The van der Waals surface area contributed by atoms with Gasteiger partial charge < -0.3 is 4.68 Å². The first kappa shape index (κ1) is 9.36. The average Bonchev–Trinajstić information content (AvgIpc) is 2.33. The molecule has 0 amide bonds. The summed E-state index contributed by atoms with van der Waals surface area (Å²) in [4.78, 5) is 0. The van der Waals surface area contributed by atoms with Crippen molar-refractivity contribution in [2.45, 2.75) is 6.92 Å². The summed E-state index contributed by atoms with van der Waals surface area (Å²) in [6.07, 6.45) is 2.93. The quantitative estimate of drug-likeness (QED) is 0.586. The minimum Gasteiger partial charge on any atom is -0.334 e. The Morgan fingerprint density at radius 1 is 1.42 bits per heavy atom. The van der Waals surface area contributed by atoms with Crippen molar-refractivity contribution in [1.82, 2.24) is 9.78 Å². The Hall–Kier alpha value is -0.726. The number of fused-ring (bicyclic) bond motifs is 1. The van der Waals surface area contributed by atoms with Crippen LogP contribution in [0.15, 0.2) is 18.2 Å². The minimum absolute atomic E-state index is 0. The predicted octanol–water partition coefficient (Wildman–Crippen LogP) is 1.68. The first-order valence-corrected chi connectivity index (χ1v) is 3.58. The van der Waals surface area contributed by atoms with Crippen LogP contribution in [0, 0.1) is 13.1 Å². The van der Waals surface area contributed by atoms with Crippen molar-refractivity contribution in [1.29, 1.82) is 0 Å². The summed E-state index contributed by atoms with van der Waals surface area (Å²) in [5.41, 5.74) is 2.40. The van der Waals surface area contributed by atoms with Crippen LogP contribution in [0.3, 0.4) is 0 Å². The van der Waals surface area contributed by atoms with Gasteiger partial charge in [0, 0.05) is 25.6 Å². The molecule has 3 heteroatoms. The molecule has 0 aliphatic heterocycles. The molecule has 0 fully saturated rings. The van der Waals surface area contributed by atoms with Gasteiger partial charge in [-0.15, -0.1) is 11.5 Å². The van der Waals surface area contributed by atoms with Crippen molar-refractivity contribution in [2.75, 3.05) is 0 Å². The molecule has 12 heavy (non-hydrogen) atoms. The van der Waals surface area contributed by atoms with Gasteiger partial charge in [-0.1, -0.05) is 11.6 Å². The second kappa shape index (κ2) is 3.34. The Balaban J connectivity index is 0.000000720. The standard InChI is InChI=1S/C9H9N2.V/c1-7-3-4-8-6-10-11(2)9(8)5-7;/h3-5H,1-2H3;/q-1;. The maximum atomic E-state index is 4.03. The smallest absolute Gasteiger partial charge is 0.0160 e. The molecular formula is C9H9N2V-. The third-order valence-corrected chi connectivity index (χ3v) is 1.82. The Bertz CT molecular complexity index is 392. The number of nitrogens with zero attached hydrogens (tertiary/aromatic N) is 2. The largest absolute Gasteiger partial charge is 0.334 e. The summed E-state index contributed by atoms with van der Waals surface area (Å²) in [5.74, 6) is 0. The molecule has 1 radical (unpaired) electrons. The molecule has 0 aliphatic carbocycles. The van der Waals surface area contributed by atoms with Gasteiger partial charge in [-0.25, -0.2) is 0 Å². The number of hydrogen-bond donors (Lipinski definition) is 0. The van der Waals surface area contributed by atoms with Crippen LogP contribution < -0.4 is 0 Å².